The van der Waals surface area contributed by atoms with Gasteiger partial charge in [0.1, 0.15) is 0 Å². The van der Waals surface area contributed by atoms with Crippen LogP contribution < -0.4 is 10.6 Å². The van der Waals surface area contributed by atoms with Crippen LogP contribution in [-0.2, 0) is 11.2 Å². The van der Waals surface area contributed by atoms with E-state index in [0.29, 0.717) is 6.10 Å². The summed E-state index contributed by atoms with van der Waals surface area (Å²) in [6.45, 7) is 5.46. The second-order valence-corrected chi connectivity index (χ2v) is 6.93. The topological polar surface area (TPSA) is 61.4 Å². The first-order valence-corrected chi connectivity index (χ1v) is 10.1. The van der Waals surface area contributed by atoms with Gasteiger partial charge in [-0.2, -0.15) is 0 Å². The van der Waals surface area contributed by atoms with Crippen molar-refractivity contribution in [3.05, 3.63) is 36.0 Å². The molecule has 0 amide bonds. The number of aromatic amines is 1. The Morgan fingerprint density at radius 2 is 2.08 bits per heavy atom. The number of aliphatic imine (C=N–C) groups is 1. The lowest BCUT2D eigenvalue weighted by Crippen LogP contribution is -2.38. The molecule has 0 aliphatic heterocycles. The Hall–Kier alpha value is -2.01. The quantitative estimate of drug-likeness (QED) is 0.365. The molecule has 0 saturated heterocycles. The van der Waals surface area contributed by atoms with Crippen molar-refractivity contribution in [3.63, 3.8) is 0 Å². The van der Waals surface area contributed by atoms with Crippen LogP contribution in [0.2, 0.25) is 0 Å². The lowest BCUT2D eigenvalue weighted by atomic mass is 10.1. The normalized spacial score (nSPS) is 15.7. The summed E-state index contributed by atoms with van der Waals surface area (Å²) in [5, 5.41) is 8.07. The van der Waals surface area contributed by atoms with Crippen molar-refractivity contribution in [2.45, 2.75) is 51.6 Å². The highest BCUT2D eigenvalue weighted by molar-refractivity contribution is 5.83. The summed E-state index contributed by atoms with van der Waals surface area (Å²) in [6, 6.07) is 8.44. The fourth-order valence-corrected chi connectivity index (χ4v) is 3.56. The SMILES string of the molecule is CCNC(=NCCCOC1CCCC1)NCCc1c[nH]c2ccccc12. The molecule has 0 radical (unpaired) electrons. The average molecular weight is 357 g/mol. The summed E-state index contributed by atoms with van der Waals surface area (Å²) in [5.74, 6) is 0.896. The summed E-state index contributed by atoms with van der Waals surface area (Å²) < 4.78 is 5.90. The first-order chi connectivity index (χ1) is 12.9. The van der Waals surface area contributed by atoms with E-state index in [9.17, 15) is 0 Å². The molecule has 0 bridgehead atoms. The molecule has 1 aliphatic carbocycles. The third-order valence-corrected chi connectivity index (χ3v) is 4.93. The van der Waals surface area contributed by atoms with Gasteiger partial charge in [-0.15, -0.1) is 0 Å². The molecule has 0 spiro atoms. The molecule has 3 rings (SSSR count). The van der Waals surface area contributed by atoms with Crippen LogP contribution >= 0.6 is 0 Å². The number of para-hydroxylation sites is 1. The number of hydrogen-bond donors (Lipinski definition) is 3. The van der Waals surface area contributed by atoms with Crippen LogP contribution in [0.4, 0.5) is 0 Å². The monoisotopic (exact) mass is 356 g/mol. The van der Waals surface area contributed by atoms with Gasteiger partial charge in [0.05, 0.1) is 6.10 Å². The third-order valence-electron chi connectivity index (χ3n) is 4.93. The highest BCUT2D eigenvalue weighted by atomic mass is 16.5. The summed E-state index contributed by atoms with van der Waals surface area (Å²) in [4.78, 5) is 8.00. The smallest absolute Gasteiger partial charge is 0.191 e. The summed E-state index contributed by atoms with van der Waals surface area (Å²) in [7, 11) is 0. The van der Waals surface area contributed by atoms with Crippen molar-refractivity contribution in [3.8, 4) is 0 Å². The number of benzene rings is 1. The van der Waals surface area contributed by atoms with Crippen molar-refractivity contribution in [2.75, 3.05) is 26.2 Å². The first-order valence-electron chi connectivity index (χ1n) is 10.1. The van der Waals surface area contributed by atoms with Gasteiger partial charge < -0.3 is 20.4 Å². The van der Waals surface area contributed by atoms with E-state index in [1.165, 1.54) is 42.1 Å². The van der Waals surface area contributed by atoms with Gasteiger partial charge in [-0.05, 0) is 44.2 Å². The lowest BCUT2D eigenvalue weighted by Gasteiger charge is -2.12. The first kappa shape index (κ1) is 18.8. The number of hydrogen-bond acceptors (Lipinski definition) is 2. The van der Waals surface area contributed by atoms with Crippen LogP contribution in [0.1, 0.15) is 44.6 Å². The minimum atomic E-state index is 0.501. The van der Waals surface area contributed by atoms with Crippen LogP contribution in [0.15, 0.2) is 35.5 Å². The van der Waals surface area contributed by atoms with Gasteiger partial charge in [0.25, 0.3) is 0 Å². The second kappa shape index (κ2) is 10.2. The zero-order chi connectivity index (χ0) is 18.0. The van der Waals surface area contributed by atoms with E-state index in [1.807, 2.05) is 0 Å². The van der Waals surface area contributed by atoms with Gasteiger partial charge in [-0.25, -0.2) is 0 Å². The Bertz CT molecular complexity index is 688. The lowest BCUT2D eigenvalue weighted by molar-refractivity contribution is 0.0579. The van der Waals surface area contributed by atoms with Gasteiger partial charge in [0, 0.05) is 43.3 Å². The number of nitrogens with one attached hydrogen (secondary N) is 3. The highest BCUT2D eigenvalue weighted by Crippen LogP contribution is 2.20. The van der Waals surface area contributed by atoms with Crippen LogP contribution in [-0.4, -0.2) is 43.3 Å². The van der Waals surface area contributed by atoms with E-state index in [2.05, 4.69) is 58.0 Å². The van der Waals surface area contributed by atoms with Crippen LogP contribution in [0.3, 0.4) is 0 Å². The number of guanidine groups is 1. The fourth-order valence-electron chi connectivity index (χ4n) is 3.56. The Morgan fingerprint density at radius 3 is 2.92 bits per heavy atom. The Balaban J connectivity index is 1.39. The molecule has 1 saturated carbocycles. The summed E-state index contributed by atoms with van der Waals surface area (Å²) in [5.41, 5.74) is 2.54. The summed E-state index contributed by atoms with van der Waals surface area (Å²) >= 11 is 0. The summed E-state index contributed by atoms with van der Waals surface area (Å²) in [6.07, 6.45) is 9.69. The predicted molar refractivity (Wildman–Crippen MR) is 109 cm³/mol. The zero-order valence-corrected chi connectivity index (χ0v) is 15.9. The molecule has 1 aliphatic rings. The van der Waals surface area contributed by atoms with Crippen molar-refractivity contribution in [2.24, 2.45) is 4.99 Å². The van der Waals surface area contributed by atoms with E-state index < -0.39 is 0 Å². The molecule has 2 aromatic rings. The van der Waals surface area contributed by atoms with E-state index in [-0.39, 0.29) is 0 Å². The zero-order valence-electron chi connectivity index (χ0n) is 15.9. The molecule has 3 N–H and O–H groups in total. The predicted octanol–water partition coefficient (Wildman–Crippen LogP) is 3.61. The maximum absolute atomic E-state index is 5.90. The van der Waals surface area contributed by atoms with Crippen LogP contribution in [0.5, 0.6) is 0 Å². The molecule has 1 aromatic carbocycles. The van der Waals surface area contributed by atoms with Gasteiger partial charge in [0.15, 0.2) is 5.96 Å². The highest BCUT2D eigenvalue weighted by Gasteiger charge is 2.14. The standard InChI is InChI=1S/C21H32N4O/c1-2-22-21(23-13-7-15-26-18-8-3-4-9-18)24-14-12-17-16-25-20-11-6-5-10-19(17)20/h5-6,10-11,16,18,25H,2-4,7-9,12-15H2,1H3,(H2,22,23,24). The molecule has 26 heavy (non-hydrogen) atoms. The van der Waals surface area contributed by atoms with E-state index in [1.54, 1.807) is 0 Å². The minimum absolute atomic E-state index is 0.501. The second-order valence-electron chi connectivity index (χ2n) is 6.93. The maximum Gasteiger partial charge on any atom is 0.191 e. The maximum atomic E-state index is 5.90. The number of nitrogens with zero attached hydrogens (tertiary/aromatic N) is 1. The number of H-pyrrole nitrogens is 1. The van der Waals surface area contributed by atoms with Gasteiger partial charge in [-0.1, -0.05) is 31.0 Å². The van der Waals surface area contributed by atoms with E-state index in [4.69, 9.17) is 4.74 Å². The molecule has 142 valence electrons. The molecule has 0 unspecified atom stereocenters. The van der Waals surface area contributed by atoms with Gasteiger partial charge >= 0.3 is 0 Å². The number of ether oxygens (including phenoxy) is 1. The Morgan fingerprint density at radius 1 is 1.23 bits per heavy atom. The molecule has 1 fully saturated rings. The Labute approximate surface area is 156 Å². The largest absolute Gasteiger partial charge is 0.378 e. The molecule has 0 atom stereocenters. The molecule has 1 aromatic heterocycles. The molecule has 1 heterocycles. The number of fused-ring (bicyclic) bond motifs is 1. The van der Waals surface area contributed by atoms with Crippen molar-refractivity contribution < 1.29 is 4.74 Å². The molecular formula is C21H32N4O. The minimum Gasteiger partial charge on any atom is -0.378 e. The fraction of sp³-hybridized carbons (Fsp3) is 0.571. The molecule has 5 nitrogen and oxygen atoms in total. The molecular weight excluding hydrogens is 324 g/mol. The third kappa shape index (κ3) is 5.49. The van der Waals surface area contributed by atoms with Crippen molar-refractivity contribution >= 4 is 16.9 Å². The molecule has 5 heteroatoms. The average Bonchev–Trinajstić information content (AvgIpc) is 3.31. The van der Waals surface area contributed by atoms with E-state index >= 15 is 0 Å². The van der Waals surface area contributed by atoms with Crippen molar-refractivity contribution in [1.82, 2.24) is 15.6 Å². The Kier molecular flexibility index (Phi) is 7.37. The number of aromatic nitrogens is 1. The van der Waals surface area contributed by atoms with Crippen LogP contribution in [0, 0.1) is 0 Å². The number of rotatable bonds is 9. The van der Waals surface area contributed by atoms with Crippen molar-refractivity contribution in [1.29, 1.82) is 0 Å². The van der Waals surface area contributed by atoms with Gasteiger partial charge in [-0.3, -0.25) is 4.99 Å². The van der Waals surface area contributed by atoms with Gasteiger partial charge in [0.2, 0.25) is 0 Å². The van der Waals surface area contributed by atoms with Crippen LogP contribution in [0.25, 0.3) is 10.9 Å². The van der Waals surface area contributed by atoms with E-state index in [0.717, 1.165) is 45.0 Å².